The first-order valence-electron chi connectivity index (χ1n) is 6.21. The number of allylic oxidation sites excluding steroid dienone is 2. The third-order valence-corrected chi connectivity index (χ3v) is 3.28. The minimum atomic E-state index is -0.209. The summed E-state index contributed by atoms with van der Waals surface area (Å²) < 4.78 is 5.92. The maximum atomic E-state index is 9.56. The predicted molar refractivity (Wildman–Crippen MR) is 62.6 cm³/mol. The van der Waals surface area contributed by atoms with Crippen molar-refractivity contribution in [1.82, 2.24) is 0 Å². The number of hydrogen-bond acceptors (Lipinski definition) is 2. The van der Waals surface area contributed by atoms with Crippen molar-refractivity contribution < 1.29 is 9.84 Å². The molecule has 0 bridgehead atoms. The third kappa shape index (κ3) is 3.86. The van der Waals surface area contributed by atoms with Crippen LogP contribution in [0, 0.1) is 5.92 Å². The topological polar surface area (TPSA) is 29.5 Å². The lowest BCUT2D eigenvalue weighted by Crippen LogP contribution is -2.22. The quantitative estimate of drug-likeness (QED) is 0.758. The average Bonchev–Trinajstić information content (AvgIpc) is 2.26. The molecule has 1 aliphatic carbocycles. The van der Waals surface area contributed by atoms with Crippen molar-refractivity contribution in [2.24, 2.45) is 5.92 Å². The van der Waals surface area contributed by atoms with Gasteiger partial charge in [0, 0.05) is 6.42 Å². The first-order valence-corrected chi connectivity index (χ1v) is 6.21. The van der Waals surface area contributed by atoms with Crippen molar-refractivity contribution in [2.45, 2.75) is 65.1 Å². The van der Waals surface area contributed by atoms with E-state index in [9.17, 15) is 5.11 Å². The van der Waals surface area contributed by atoms with E-state index in [1.165, 1.54) is 0 Å². The summed E-state index contributed by atoms with van der Waals surface area (Å²) in [5, 5.41) is 9.56. The molecule has 1 N–H and O–H groups in total. The normalized spacial score (nSPS) is 23.8. The van der Waals surface area contributed by atoms with E-state index in [0.29, 0.717) is 12.0 Å². The van der Waals surface area contributed by atoms with Gasteiger partial charge in [0.1, 0.15) is 0 Å². The summed E-state index contributed by atoms with van der Waals surface area (Å²) in [6.45, 7) is 6.19. The standard InChI is InChI=1S/C13H24O2/c1-4-12(5-2)15-13-8-6-7-11(9-13)10(3)14/h8,10-12,14H,4-7,9H2,1-3H3. The van der Waals surface area contributed by atoms with E-state index in [1.54, 1.807) is 0 Å². The molecule has 0 saturated carbocycles. The van der Waals surface area contributed by atoms with Crippen molar-refractivity contribution in [1.29, 1.82) is 0 Å². The van der Waals surface area contributed by atoms with E-state index in [0.717, 1.165) is 37.9 Å². The third-order valence-electron chi connectivity index (χ3n) is 3.28. The fourth-order valence-corrected chi connectivity index (χ4v) is 2.08. The second kappa shape index (κ2) is 6.16. The molecule has 0 aromatic rings. The number of aliphatic hydroxyl groups is 1. The van der Waals surface area contributed by atoms with Crippen LogP contribution >= 0.6 is 0 Å². The Bertz CT molecular complexity index is 205. The van der Waals surface area contributed by atoms with Crippen LogP contribution in [0.5, 0.6) is 0 Å². The van der Waals surface area contributed by atoms with Crippen molar-refractivity contribution in [3.63, 3.8) is 0 Å². The largest absolute Gasteiger partial charge is 0.495 e. The molecular formula is C13H24O2. The Morgan fingerprint density at radius 1 is 1.47 bits per heavy atom. The van der Waals surface area contributed by atoms with Crippen LogP contribution < -0.4 is 0 Å². The second-order valence-electron chi connectivity index (χ2n) is 4.51. The Morgan fingerprint density at radius 2 is 2.13 bits per heavy atom. The van der Waals surface area contributed by atoms with Crippen LogP contribution in [0.4, 0.5) is 0 Å². The fraction of sp³-hybridized carbons (Fsp3) is 0.846. The SMILES string of the molecule is CCC(CC)OC1=CCCC(C(C)O)C1. The Balaban J connectivity index is 2.45. The molecule has 2 heteroatoms. The second-order valence-corrected chi connectivity index (χ2v) is 4.51. The predicted octanol–water partition coefficient (Wildman–Crippen LogP) is 3.26. The summed E-state index contributed by atoms with van der Waals surface area (Å²) >= 11 is 0. The van der Waals surface area contributed by atoms with E-state index in [4.69, 9.17) is 4.74 Å². The van der Waals surface area contributed by atoms with Crippen LogP contribution in [0.1, 0.15) is 52.9 Å². The fourth-order valence-electron chi connectivity index (χ4n) is 2.08. The smallest absolute Gasteiger partial charge is 0.0977 e. The van der Waals surface area contributed by atoms with Gasteiger partial charge in [-0.15, -0.1) is 0 Å². The van der Waals surface area contributed by atoms with Gasteiger partial charge in [-0.25, -0.2) is 0 Å². The summed E-state index contributed by atoms with van der Waals surface area (Å²) in [6, 6.07) is 0. The van der Waals surface area contributed by atoms with E-state index in [2.05, 4.69) is 19.9 Å². The van der Waals surface area contributed by atoms with Gasteiger partial charge in [-0.05, 0) is 44.6 Å². The Morgan fingerprint density at radius 3 is 2.67 bits per heavy atom. The van der Waals surface area contributed by atoms with Crippen molar-refractivity contribution in [2.75, 3.05) is 0 Å². The molecule has 2 atom stereocenters. The molecule has 0 amide bonds. The highest BCUT2D eigenvalue weighted by Gasteiger charge is 2.21. The summed E-state index contributed by atoms with van der Waals surface area (Å²) in [7, 11) is 0. The van der Waals surface area contributed by atoms with Crippen molar-refractivity contribution >= 4 is 0 Å². The van der Waals surface area contributed by atoms with E-state index < -0.39 is 0 Å². The zero-order valence-electron chi connectivity index (χ0n) is 10.2. The molecule has 15 heavy (non-hydrogen) atoms. The highest BCUT2D eigenvalue weighted by Crippen LogP contribution is 2.28. The summed E-state index contributed by atoms with van der Waals surface area (Å²) in [4.78, 5) is 0. The van der Waals surface area contributed by atoms with Gasteiger partial charge in [-0.2, -0.15) is 0 Å². The molecule has 0 heterocycles. The Hall–Kier alpha value is -0.500. The van der Waals surface area contributed by atoms with Gasteiger partial charge in [-0.1, -0.05) is 13.8 Å². The molecule has 2 unspecified atom stereocenters. The number of ether oxygens (including phenoxy) is 1. The van der Waals surface area contributed by atoms with E-state index in [-0.39, 0.29) is 6.10 Å². The lowest BCUT2D eigenvalue weighted by molar-refractivity contribution is 0.0639. The Labute approximate surface area is 93.3 Å². The van der Waals surface area contributed by atoms with Crippen LogP contribution in [0.15, 0.2) is 11.8 Å². The molecule has 88 valence electrons. The van der Waals surface area contributed by atoms with Crippen LogP contribution in [0.25, 0.3) is 0 Å². The van der Waals surface area contributed by atoms with Gasteiger partial charge in [-0.3, -0.25) is 0 Å². The highest BCUT2D eigenvalue weighted by molar-refractivity contribution is 5.01. The zero-order chi connectivity index (χ0) is 11.3. The van der Waals surface area contributed by atoms with Gasteiger partial charge < -0.3 is 9.84 Å². The molecular weight excluding hydrogens is 188 g/mol. The minimum absolute atomic E-state index is 0.209. The molecule has 0 spiro atoms. The summed E-state index contributed by atoms with van der Waals surface area (Å²) in [6.07, 6.45) is 7.51. The molecule has 2 nitrogen and oxygen atoms in total. The average molecular weight is 212 g/mol. The molecule has 0 radical (unpaired) electrons. The zero-order valence-corrected chi connectivity index (χ0v) is 10.2. The van der Waals surface area contributed by atoms with Gasteiger partial charge in [0.2, 0.25) is 0 Å². The maximum absolute atomic E-state index is 9.56. The highest BCUT2D eigenvalue weighted by atomic mass is 16.5. The van der Waals surface area contributed by atoms with E-state index in [1.807, 2.05) is 6.92 Å². The van der Waals surface area contributed by atoms with Gasteiger partial charge in [0.05, 0.1) is 18.0 Å². The molecule has 1 aliphatic rings. The maximum Gasteiger partial charge on any atom is 0.0977 e. The molecule has 0 fully saturated rings. The number of hydrogen-bond donors (Lipinski definition) is 1. The minimum Gasteiger partial charge on any atom is -0.495 e. The molecule has 0 aromatic carbocycles. The van der Waals surface area contributed by atoms with Crippen molar-refractivity contribution in [3.8, 4) is 0 Å². The molecule has 0 aromatic heterocycles. The monoisotopic (exact) mass is 212 g/mol. The molecule has 0 saturated heterocycles. The lowest BCUT2D eigenvalue weighted by atomic mass is 9.89. The molecule has 0 aliphatic heterocycles. The van der Waals surface area contributed by atoms with E-state index >= 15 is 0 Å². The first-order chi connectivity index (χ1) is 7.17. The van der Waals surface area contributed by atoms with Gasteiger partial charge in [0.15, 0.2) is 0 Å². The van der Waals surface area contributed by atoms with Crippen LogP contribution in [-0.2, 0) is 4.74 Å². The van der Waals surface area contributed by atoms with Gasteiger partial charge in [0.25, 0.3) is 0 Å². The number of rotatable bonds is 5. The lowest BCUT2D eigenvalue weighted by Gasteiger charge is -2.27. The van der Waals surface area contributed by atoms with Crippen LogP contribution in [0.3, 0.4) is 0 Å². The van der Waals surface area contributed by atoms with Crippen LogP contribution in [-0.4, -0.2) is 17.3 Å². The summed E-state index contributed by atoms with van der Waals surface area (Å²) in [5.41, 5.74) is 0. The Kier molecular flexibility index (Phi) is 5.16. The number of aliphatic hydroxyl groups excluding tert-OH is 1. The molecule has 1 rings (SSSR count). The van der Waals surface area contributed by atoms with Gasteiger partial charge >= 0.3 is 0 Å². The van der Waals surface area contributed by atoms with Crippen molar-refractivity contribution in [3.05, 3.63) is 11.8 Å². The summed E-state index contributed by atoms with van der Waals surface area (Å²) in [5.74, 6) is 1.49. The van der Waals surface area contributed by atoms with Crippen LogP contribution in [0.2, 0.25) is 0 Å². The first kappa shape index (κ1) is 12.6.